The highest BCUT2D eigenvalue weighted by atomic mass is 19.1. The van der Waals surface area contributed by atoms with Crippen LogP contribution in [0, 0.1) is 11.6 Å². The van der Waals surface area contributed by atoms with Gasteiger partial charge in [0.1, 0.15) is 22.8 Å². The lowest BCUT2D eigenvalue weighted by atomic mass is 10.1. The fraction of sp³-hybridized carbons (Fsp3) is 0.148. The summed E-state index contributed by atoms with van der Waals surface area (Å²) in [5.41, 5.74) is 14.8. The highest BCUT2D eigenvalue weighted by Gasteiger charge is 2.26. The Kier molecular flexibility index (Phi) is 7.00. The fourth-order valence-electron chi connectivity index (χ4n) is 4.18. The van der Waals surface area contributed by atoms with Gasteiger partial charge in [-0.2, -0.15) is 19.7 Å². The molecule has 0 saturated heterocycles. The number of nitrogens with zero attached hydrogens (tertiary/aromatic N) is 6. The number of pyridine rings is 1. The third-order valence-electron chi connectivity index (χ3n) is 5.93. The molecule has 5 rings (SSSR count). The lowest BCUT2D eigenvalue weighted by Crippen LogP contribution is -2.33. The molecule has 1 amide bonds. The number of aromatic nitrogens is 5. The lowest BCUT2D eigenvalue weighted by molar-refractivity contribution is 0.159. The van der Waals surface area contributed by atoms with Crippen molar-refractivity contribution in [1.82, 2.24) is 24.7 Å². The van der Waals surface area contributed by atoms with Crippen molar-refractivity contribution in [2.45, 2.75) is 19.9 Å². The molecule has 4 N–H and O–H groups in total. The summed E-state index contributed by atoms with van der Waals surface area (Å²) in [7, 11) is 0. The molecule has 0 fully saturated rings. The maximum absolute atomic E-state index is 14.4. The predicted octanol–water partition coefficient (Wildman–Crippen LogP) is 4.41. The average Bonchev–Trinajstić information content (AvgIpc) is 3.27. The highest BCUT2D eigenvalue weighted by Crippen LogP contribution is 2.32. The van der Waals surface area contributed by atoms with Crippen LogP contribution in [0.5, 0.6) is 0 Å². The predicted molar refractivity (Wildman–Crippen MR) is 142 cm³/mol. The molecular weight excluding hydrogens is 506 g/mol. The first kappa shape index (κ1) is 25.5. The second-order valence-corrected chi connectivity index (χ2v) is 8.56. The van der Waals surface area contributed by atoms with E-state index in [-0.39, 0.29) is 48.4 Å². The standard InChI is InChI=1S/C27H24F2N8O2/c1-2-39-27(38)36(15-16-8-4-3-5-9-16)23-24(30)33-26(34-25(23)31)37-21-13-18(28)14-32-22(21)20(35-37)12-17-10-6-7-11-19(17)29/h3-11,13-14H,2,12,15H2,1H3,(H4,30,31,33,34). The van der Waals surface area contributed by atoms with E-state index in [1.165, 1.54) is 21.7 Å². The zero-order chi connectivity index (χ0) is 27.5. The van der Waals surface area contributed by atoms with Crippen LogP contribution in [-0.4, -0.2) is 37.4 Å². The van der Waals surface area contributed by atoms with E-state index in [0.717, 1.165) is 11.8 Å². The average molecular weight is 531 g/mol. The summed E-state index contributed by atoms with van der Waals surface area (Å²) >= 11 is 0. The Balaban J connectivity index is 1.59. The number of amides is 1. The van der Waals surface area contributed by atoms with Gasteiger partial charge in [-0.25, -0.2) is 18.6 Å². The van der Waals surface area contributed by atoms with Gasteiger partial charge in [0, 0.05) is 12.5 Å². The van der Waals surface area contributed by atoms with Crippen LogP contribution in [-0.2, 0) is 17.7 Å². The molecular formula is C27H24F2N8O2. The number of nitrogens with two attached hydrogens (primary N) is 2. The van der Waals surface area contributed by atoms with Gasteiger partial charge in [0.05, 0.1) is 30.6 Å². The van der Waals surface area contributed by atoms with E-state index in [2.05, 4.69) is 20.1 Å². The third kappa shape index (κ3) is 5.17. The molecule has 198 valence electrons. The molecule has 0 spiro atoms. The quantitative estimate of drug-likeness (QED) is 0.316. The second-order valence-electron chi connectivity index (χ2n) is 8.56. The van der Waals surface area contributed by atoms with Gasteiger partial charge in [-0.15, -0.1) is 0 Å². The topological polar surface area (TPSA) is 138 Å². The van der Waals surface area contributed by atoms with Crippen LogP contribution >= 0.6 is 0 Å². The van der Waals surface area contributed by atoms with Crippen LogP contribution in [0.3, 0.4) is 0 Å². The lowest BCUT2D eigenvalue weighted by Gasteiger charge is -2.24. The van der Waals surface area contributed by atoms with Crippen LogP contribution in [0.25, 0.3) is 17.0 Å². The van der Waals surface area contributed by atoms with Crippen molar-refractivity contribution < 1.29 is 18.3 Å². The molecule has 39 heavy (non-hydrogen) atoms. The summed E-state index contributed by atoms with van der Waals surface area (Å²) in [6.45, 7) is 1.91. The Morgan fingerprint density at radius 1 is 1.03 bits per heavy atom. The van der Waals surface area contributed by atoms with Crippen molar-refractivity contribution in [3.63, 3.8) is 0 Å². The number of hydrogen-bond donors (Lipinski definition) is 2. The number of rotatable bonds is 7. The summed E-state index contributed by atoms with van der Waals surface area (Å²) in [5, 5.41) is 4.51. The summed E-state index contributed by atoms with van der Waals surface area (Å²) in [6, 6.07) is 16.7. The third-order valence-corrected chi connectivity index (χ3v) is 5.93. The number of hydrogen-bond acceptors (Lipinski definition) is 8. The van der Waals surface area contributed by atoms with Crippen LogP contribution < -0.4 is 16.4 Å². The van der Waals surface area contributed by atoms with Crippen LogP contribution in [0.2, 0.25) is 0 Å². The normalized spacial score (nSPS) is 11.1. The van der Waals surface area contributed by atoms with Gasteiger partial charge in [-0.1, -0.05) is 48.5 Å². The van der Waals surface area contributed by atoms with Gasteiger partial charge in [0.2, 0.25) is 0 Å². The summed E-state index contributed by atoms with van der Waals surface area (Å²) in [6.07, 6.45) is 0.456. The first-order valence-corrected chi connectivity index (χ1v) is 12.0. The Bertz CT molecular complexity index is 1640. The van der Waals surface area contributed by atoms with Gasteiger partial charge in [0.25, 0.3) is 5.95 Å². The molecule has 0 aliphatic heterocycles. The molecule has 0 atom stereocenters. The minimum atomic E-state index is -0.681. The molecule has 12 heteroatoms. The van der Waals surface area contributed by atoms with E-state index in [9.17, 15) is 13.6 Å². The molecule has 3 aromatic heterocycles. The Labute approximate surface area is 221 Å². The SMILES string of the molecule is CCOC(=O)N(Cc1ccccc1)c1c(N)nc(-n2nc(Cc3ccccc3F)c3ncc(F)cc32)nc1N. The first-order valence-electron chi connectivity index (χ1n) is 12.0. The Morgan fingerprint density at radius 3 is 2.41 bits per heavy atom. The maximum atomic E-state index is 14.4. The fourth-order valence-corrected chi connectivity index (χ4v) is 4.18. The van der Waals surface area contributed by atoms with E-state index >= 15 is 0 Å². The maximum Gasteiger partial charge on any atom is 0.414 e. The molecule has 3 heterocycles. The smallest absolute Gasteiger partial charge is 0.414 e. The molecule has 10 nitrogen and oxygen atoms in total. The zero-order valence-corrected chi connectivity index (χ0v) is 20.9. The van der Waals surface area contributed by atoms with Gasteiger partial charge in [0.15, 0.2) is 11.6 Å². The van der Waals surface area contributed by atoms with Crippen molar-refractivity contribution >= 4 is 34.4 Å². The van der Waals surface area contributed by atoms with E-state index in [0.29, 0.717) is 16.8 Å². The largest absolute Gasteiger partial charge is 0.449 e. The summed E-state index contributed by atoms with van der Waals surface area (Å²) < 4.78 is 35.0. The molecule has 0 radical (unpaired) electrons. The molecule has 2 aromatic carbocycles. The first-order chi connectivity index (χ1) is 18.9. The van der Waals surface area contributed by atoms with E-state index < -0.39 is 17.7 Å². The van der Waals surface area contributed by atoms with Crippen LogP contribution in [0.4, 0.5) is 30.9 Å². The highest BCUT2D eigenvalue weighted by molar-refractivity contribution is 5.95. The molecule has 0 aliphatic carbocycles. The molecule has 0 unspecified atom stereocenters. The van der Waals surface area contributed by atoms with Crippen LogP contribution in [0.15, 0.2) is 66.9 Å². The monoisotopic (exact) mass is 530 g/mol. The number of nitrogen functional groups attached to an aromatic ring is 2. The zero-order valence-electron chi connectivity index (χ0n) is 20.9. The van der Waals surface area contributed by atoms with Gasteiger partial charge in [-0.3, -0.25) is 4.90 Å². The Hall–Kier alpha value is -5.13. The summed E-state index contributed by atoms with van der Waals surface area (Å²) in [5.74, 6) is -1.34. The minimum absolute atomic E-state index is 0.0633. The molecule has 5 aromatic rings. The van der Waals surface area contributed by atoms with Gasteiger partial charge >= 0.3 is 6.09 Å². The van der Waals surface area contributed by atoms with Gasteiger partial charge in [-0.05, 0) is 24.1 Å². The van der Waals surface area contributed by atoms with Gasteiger partial charge < -0.3 is 16.2 Å². The number of anilines is 3. The number of carbonyl (C=O) groups excluding carboxylic acids is 1. The summed E-state index contributed by atoms with van der Waals surface area (Å²) in [4.78, 5) is 27.0. The minimum Gasteiger partial charge on any atom is -0.449 e. The van der Waals surface area contributed by atoms with E-state index in [1.54, 1.807) is 25.1 Å². The van der Waals surface area contributed by atoms with Crippen LogP contribution in [0.1, 0.15) is 23.7 Å². The molecule has 0 aliphatic rings. The van der Waals surface area contributed by atoms with Crippen molar-refractivity contribution in [2.75, 3.05) is 23.0 Å². The number of carbonyl (C=O) groups is 1. The van der Waals surface area contributed by atoms with Crippen molar-refractivity contribution in [3.8, 4) is 5.95 Å². The molecule has 0 saturated carbocycles. The Morgan fingerprint density at radius 2 is 1.72 bits per heavy atom. The number of benzene rings is 2. The van der Waals surface area contributed by atoms with Crippen molar-refractivity contribution in [2.24, 2.45) is 0 Å². The van der Waals surface area contributed by atoms with E-state index in [4.69, 9.17) is 16.2 Å². The second kappa shape index (κ2) is 10.7. The van der Waals surface area contributed by atoms with Crippen molar-refractivity contribution in [3.05, 3.63) is 95.3 Å². The number of fused-ring (bicyclic) bond motifs is 1. The number of halogens is 2. The van der Waals surface area contributed by atoms with E-state index in [1.807, 2.05) is 30.3 Å². The number of ether oxygens (including phenoxy) is 1. The molecule has 0 bridgehead atoms. The van der Waals surface area contributed by atoms with Crippen molar-refractivity contribution in [1.29, 1.82) is 0 Å².